The fraction of sp³-hybridized carbons (Fsp3) is 0.732. The van der Waals surface area contributed by atoms with Crippen LogP contribution in [0.15, 0.2) is 30.5 Å². The molecule has 4 aliphatic rings. The first-order valence-corrected chi connectivity index (χ1v) is 19.7. The average molecular weight is 709 g/mol. The normalized spacial score (nSPS) is 35.5. The molecular weight excluding hydrogens is 648 g/mol. The number of esters is 2. The first-order valence-electron chi connectivity index (χ1n) is 19.3. The lowest BCUT2D eigenvalue weighted by molar-refractivity contribution is -0.222. The number of hydrogen-bond acceptors (Lipinski definition) is 8. The fourth-order valence-electron chi connectivity index (χ4n) is 11.7. The van der Waals surface area contributed by atoms with Gasteiger partial charge in [0.1, 0.15) is 12.2 Å². The highest BCUT2D eigenvalue weighted by atomic mass is 35.5. The number of halogens is 1. The van der Waals surface area contributed by atoms with Crippen molar-refractivity contribution in [1.82, 2.24) is 15.2 Å². The molecule has 0 saturated heterocycles. The van der Waals surface area contributed by atoms with Gasteiger partial charge in [0.05, 0.1) is 5.52 Å². The maximum atomic E-state index is 12.7. The molecule has 11 atom stereocenters. The fourth-order valence-corrected chi connectivity index (χ4v) is 11.9. The van der Waals surface area contributed by atoms with Gasteiger partial charge < -0.3 is 25.0 Å². The third-order valence-electron chi connectivity index (χ3n) is 14.2. The number of benzene rings is 1. The Bertz CT molecular complexity index is 1520. The summed E-state index contributed by atoms with van der Waals surface area (Å²) in [7, 11) is 4.39. The van der Waals surface area contributed by atoms with E-state index < -0.39 is 0 Å². The molecule has 6 rings (SSSR count). The number of aromatic nitrogens is 1. The van der Waals surface area contributed by atoms with Crippen LogP contribution >= 0.6 is 11.6 Å². The maximum Gasteiger partial charge on any atom is 0.302 e. The van der Waals surface area contributed by atoms with Crippen LogP contribution in [0.4, 0.5) is 5.69 Å². The molecule has 4 unspecified atom stereocenters. The van der Waals surface area contributed by atoms with Crippen molar-refractivity contribution >= 4 is 40.1 Å². The SMILES string of the molecule is CC(=O)O[C@H]1CC2C(C3CC[C@H](C(C)CCCNCCNc4ccnc5cc(Cl)ccc45)[C@]31C)[C@H](OC(C)=O)C[C@@H]1C[C@H](N(C)C)CC[C@]21C. The largest absolute Gasteiger partial charge is 0.462 e. The van der Waals surface area contributed by atoms with Crippen LogP contribution < -0.4 is 10.6 Å². The van der Waals surface area contributed by atoms with E-state index in [4.69, 9.17) is 21.1 Å². The molecule has 2 N–H and O–H groups in total. The number of nitrogens with one attached hydrogen (secondary N) is 2. The highest BCUT2D eigenvalue weighted by Gasteiger charge is 2.67. The van der Waals surface area contributed by atoms with Gasteiger partial charge in [-0.15, -0.1) is 0 Å². The molecule has 0 radical (unpaired) electrons. The third-order valence-corrected chi connectivity index (χ3v) is 14.4. The highest BCUT2D eigenvalue weighted by molar-refractivity contribution is 6.31. The Kier molecular flexibility index (Phi) is 11.4. The van der Waals surface area contributed by atoms with Gasteiger partial charge in [-0.25, -0.2) is 0 Å². The zero-order valence-corrected chi connectivity index (χ0v) is 32.2. The van der Waals surface area contributed by atoms with Gasteiger partial charge in [0.15, 0.2) is 0 Å². The molecule has 0 aliphatic heterocycles. The predicted octanol–water partition coefficient (Wildman–Crippen LogP) is 7.98. The monoisotopic (exact) mass is 708 g/mol. The Morgan fingerprint density at radius 1 is 1.00 bits per heavy atom. The third kappa shape index (κ3) is 7.28. The summed E-state index contributed by atoms with van der Waals surface area (Å²) in [5.74, 6) is 2.20. The van der Waals surface area contributed by atoms with E-state index in [0.29, 0.717) is 46.6 Å². The summed E-state index contributed by atoms with van der Waals surface area (Å²) in [6.45, 7) is 13.2. The van der Waals surface area contributed by atoms with E-state index in [1.807, 2.05) is 30.5 Å². The molecule has 2 aromatic rings. The Balaban J connectivity index is 1.10. The summed E-state index contributed by atoms with van der Waals surface area (Å²) in [4.78, 5) is 32.1. The van der Waals surface area contributed by atoms with Gasteiger partial charge in [-0.2, -0.15) is 0 Å². The second-order valence-corrected chi connectivity index (χ2v) is 17.4. The van der Waals surface area contributed by atoms with E-state index in [1.165, 1.54) is 12.8 Å². The first kappa shape index (κ1) is 37.3. The first-order chi connectivity index (χ1) is 23.8. The highest BCUT2D eigenvalue weighted by Crippen LogP contribution is 2.69. The molecular formula is C41H61ClN4O4. The van der Waals surface area contributed by atoms with Crippen molar-refractivity contribution in [3.05, 3.63) is 35.5 Å². The summed E-state index contributed by atoms with van der Waals surface area (Å²) < 4.78 is 12.7. The van der Waals surface area contributed by atoms with Crippen LogP contribution in [-0.4, -0.2) is 73.8 Å². The average Bonchev–Trinajstić information content (AvgIpc) is 3.42. The van der Waals surface area contributed by atoms with Gasteiger partial charge >= 0.3 is 11.9 Å². The lowest BCUT2D eigenvalue weighted by atomic mass is 9.43. The summed E-state index contributed by atoms with van der Waals surface area (Å²) in [6, 6.07) is 8.40. The summed E-state index contributed by atoms with van der Waals surface area (Å²) in [5, 5.41) is 8.97. The lowest BCUT2D eigenvalue weighted by Crippen LogP contribution is -2.63. The molecule has 4 aliphatic carbocycles. The molecule has 4 fully saturated rings. The molecule has 1 aromatic heterocycles. The zero-order valence-electron chi connectivity index (χ0n) is 31.5. The Hall–Kier alpha value is -2.42. The van der Waals surface area contributed by atoms with Gasteiger partial charge in [-0.3, -0.25) is 14.6 Å². The molecule has 1 aromatic carbocycles. The zero-order chi connectivity index (χ0) is 35.8. The van der Waals surface area contributed by atoms with E-state index in [-0.39, 0.29) is 35.0 Å². The van der Waals surface area contributed by atoms with Crippen molar-refractivity contribution in [3.63, 3.8) is 0 Å². The van der Waals surface area contributed by atoms with Gasteiger partial charge in [-0.1, -0.05) is 32.4 Å². The smallest absolute Gasteiger partial charge is 0.302 e. The Morgan fingerprint density at radius 3 is 2.52 bits per heavy atom. The van der Waals surface area contributed by atoms with Crippen LogP contribution in [0.5, 0.6) is 0 Å². The van der Waals surface area contributed by atoms with E-state index >= 15 is 0 Å². The van der Waals surface area contributed by atoms with Crippen molar-refractivity contribution in [2.24, 2.45) is 46.3 Å². The van der Waals surface area contributed by atoms with Gasteiger partial charge in [0.2, 0.25) is 0 Å². The van der Waals surface area contributed by atoms with Crippen LogP contribution in [0.3, 0.4) is 0 Å². The minimum absolute atomic E-state index is 0.0612. The van der Waals surface area contributed by atoms with Crippen LogP contribution in [-0.2, 0) is 19.1 Å². The Labute approximate surface area is 305 Å². The molecule has 9 heteroatoms. The summed E-state index contributed by atoms with van der Waals surface area (Å²) in [6.07, 6.45) is 11.5. The van der Waals surface area contributed by atoms with Crippen molar-refractivity contribution in [2.75, 3.05) is 39.0 Å². The number of fused-ring (bicyclic) bond motifs is 6. The van der Waals surface area contributed by atoms with E-state index in [2.05, 4.69) is 55.4 Å². The van der Waals surface area contributed by atoms with Crippen LogP contribution in [0, 0.1) is 46.3 Å². The number of nitrogens with zero attached hydrogens (tertiary/aromatic N) is 2. The molecule has 4 saturated carbocycles. The molecule has 0 spiro atoms. The number of anilines is 1. The van der Waals surface area contributed by atoms with Gasteiger partial charge in [-0.05, 0) is 138 Å². The van der Waals surface area contributed by atoms with E-state index in [9.17, 15) is 9.59 Å². The quantitative estimate of drug-likeness (QED) is 0.169. The summed E-state index contributed by atoms with van der Waals surface area (Å²) >= 11 is 6.16. The van der Waals surface area contributed by atoms with Crippen molar-refractivity contribution in [2.45, 2.75) is 111 Å². The predicted molar refractivity (Wildman–Crippen MR) is 201 cm³/mol. The molecule has 276 valence electrons. The minimum Gasteiger partial charge on any atom is -0.462 e. The van der Waals surface area contributed by atoms with E-state index in [1.54, 1.807) is 13.8 Å². The van der Waals surface area contributed by atoms with Crippen molar-refractivity contribution in [1.29, 1.82) is 0 Å². The lowest BCUT2D eigenvalue weighted by Gasteiger charge is -2.64. The maximum absolute atomic E-state index is 12.7. The number of pyridine rings is 1. The number of hydrogen-bond donors (Lipinski definition) is 2. The van der Waals surface area contributed by atoms with Crippen LogP contribution in [0.25, 0.3) is 10.9 Å². The topological polar surface area (TPSA) is 92.8 Å². The second-order valence-electron chi connectivity index (χ2n) is 17.0. The van der Waals surface area contributed by atoms with Gasteiger partial charge in [0.25, 0.3) is 0 Å². The van der Waals surface area contributed by atoms with Crippen LogP contribution in [0.1, 0.15) is 92.4 Å². The number of rotatable bonds is 12. The molecule has 0 amide bonds. The molecule has 50 heavy (non-hydrogen) atoms. The van der Waals surface area contributed by atoms with Crippen LogP contribution in [0.2, 0.25) is 5.02 Å². The minimum atomic E-state index is -0.168. The number of carbonyl (C=O) groups excluding carboxylic acids is 2. The van der Waals surface area contributed by atoms with Crippen molar-refractivity contribution < 1.29 is 19.1 Å². The number of ether oxygens (including phenoxy) is 2. The molecule has 1 heterocycles. The molecule has 0 bridgehead atoms. The summed E-state index contributed by atoms with van der Waals surface area (Å²) in [5.41, 5.74) is 2.00. The standard InChI is InChI=1S/C41H61ClN4O4/c1-25(9-8-17-43-19-20-45-35-15-18-44-36-23-29(42)10-11-31(35)36)32-12-13-33-39-34(24-38(41(32,33)5)50-27(3)48)40(4)16-14-30(46(6)7)21-28(40)22-37(39)49-26(2)47/h10-11,15,18,23,25,28,30,32-34,37-39,43H,8-9,12-14,16-17,19-22,24H2,1-7H3,(H,44,45)/t25?,28-,30+,32+,33?,34?,37+,38-,39?,40-,41+/m0/s1. The second kappa shape index (κ2) is 15.3. The van der Waals surface area contributed by atoms with Crippen molar-refractivity contribution in [3.8, 4) is 0 Å². The number of carbonyl (C=O) groups is 2. The van der Waals surface area contributed by atoms with Gasteiger partial charge in [0, 0.05) is 66.6 Å². The van der Waals surface area contributed by atoms with E-state index in [0.717, 1.165) is 81.2 Å². The Morgan fingerprint density at radius 2 is 1.78 bits per heavy atom. The molecule has 8 nitrogen and oxygen atoms in total.